The number of sulfonamides is 1. The van der Waals surface area contributed by atoms with Crippen LogP contribution in [0.15, 0.2) is 23.4 Å². The van der Waals surface area contributed by atoms with Gasteiger partial charge in [-0.2, -0.15) is 4.31 Å². The van der Waals surface area contributed by atoms with Crippen LogP contribution in [0.5, 0.6) is 0 Å². The highest BCUT2D eigenvalue weighted by atomic mass is 35.5. The fourth-order valence-electron chi connectivity index (χ4n) is 2.28. The predicted molar refractivity (Wildman–Crippen MR) is 73.0 cm³/mol. The molecule has 1 aromatic rings. The Kier molecular flexibility index (Phi) is 4.31. The summed E-state index contributed by atoms with van der Waals surface area (Å²) in [7, 11) is -3.78. The molecule has 0 saturated carbocycles. The van der Waals surface area contributed by atoms with Crippen molar-refractivity contribution in [1.29, 1.82) is 0 Å². The maximum absolute atomic E-state index is 12.6. The van der Waals surface area contributed by atoms with Gasteiger partial charge in [0.2, 0.25) is 10.0 Å². The first-order chi connectivity index (χ1) is 9.32. The molecule has 8 heteroatoms. The molecule has 0 aliphatic carbocycles. The summed E-state index contributed by atoms with van der Waals surface area (Å²) >= 11 is 5.77. The Labute approximate surface area is 122 Å². The molecular formula is C12H15ClN2O4S. The zero-order chi connectivity index (χ0) is 14.9. The van der Waals surface area contributed by atoms with Crippen molar-refractivity contribution in [3.05, 3.63) is 23.5 Å². The molecule has 2 unspecified atom stereocenters. The average Bonchev–Trinajstić information content (AvgIpc) is 2.38. The minimum absolute atomic E-state index is 0.0112. The molecule has 6 nitrogen and oxygen atoms in total. The lowest BCUT2D eigenvalue weighted by atomic mass is 9.96. The van der Waals surface area contributed by atoms with Gasteiger partial charge in [0, 0.05) is 25.0 Å². The quantitative estimate of drug-likeness (QED) is 0.914. The number of carboxylic acid groups (broad SMARTS) is 1. The summed E-state index contributed by atoms with van der Waals surface area (Å²) in [5, 5.41) is 9.30. The third-order valence-electron chi connectivity index (χ3n) is 3.46. The molecule has 0 amide bonds. The van der Waals surface area contributed by atoms with E-state index >= 15 is 0 Å². The summed E-state index contributed by atoms with van der Waals surface area (Å²) in [5.74, 6) is -1.64. The van der Waals surface area contributed by atoms with E-state index in [4.69, 9.17) is 16.7 Å². The second-order valence-corrected chi connectivity index (χ2v) is 7.20. The van der Waals surface area contributed by atoms with Crippen LogP contribution >= 0.6 is 11.6 Å². The Balaban J connectivity index is 2.34. The van der Waals surface area contributed by atoms with Crippen molar-refractivity contribution >= 4 is 27.6 Å². The highest BCUT2D eigenvalue weighted by molar-refractivity contribution is 7.89. The van der Waals surface area contributed by atoms with Crippen molar-refractivity contribution in [3.63, 3.8) is 0 Å². The Hall–Kier alpha value is -1.18. The van der Waals surface area contributed by atoms with Crippen LogP contribution in [0, 0.1) is 5.92 Å². The largest absolute Gasteiger partial charge is 0.481 e. The number of hydrogen-bond donors (Lipinski definition) is 1. The van der Waals surface area contributed by atoms with E-state index < -0.39 is 21.9 Å². The zero-order valence-corrected chi connectivity index (χ0v) is 12.4. The second kappa shape index (κ2) is 5.67. The van der Waals surface area contributed by atoms with Crippen molar-refractivity contribution < 1.29 is 18.3 Å². The molecule has 0 radical (unpaired) electrons. The first-order valence-electron chi connectivity index (χ1n) is 6.17. The first kappa shape index (κ1) is 15.2. The third-order valence-corrected chi connectivity index (χ3v) is 5.61. The molecule has 1 aliphatic rings. The van der Waals surface area contributed by atoms with E-state index in [-0.39, 0.29) is 22.5 Å². The third kappa shape index (κ3) is 2.94. The summed E-state index contributed by atoms with van der Waals surface area (Å²) < 4.78 is 26.3. The molecule has 0 spiro atoms. The van der Waals surface area contributed by atoms with Crippen molar-refractivity contribution in [2.45, 2.75) is 30.7 Å². The standard InChI is InChI=1S/C12H15ClN2O4S/c1-8-2-3-9(12(16)17)7-15(8)20(18,19)11-4-10(13)5-14-6-11/h4-6,8-9H,2-3,7H2,1H3,(H,16,17). The van der Waals surface area contributed by atoms with E-state index in [9.17, 15) is 13.2 Å². The summed E-state index contributed by atoms with van der Waals surface area (Å²) in [6.45, 7) is 1.75. The van der Waals surface area contributed by atoms with Crippen LogP contribution in [-0.4, -0.2) is 41.4 Å². The van der Waals surface area contributed by atoms with Crippen LogP contribution in [0.2, 0.25) is 5.02 Å². The van der Waals surface area contributed by atoms with E-state index in [2.05, 4.69) is 4.98 Å². The van der Waals surface area contributed by atoms with E-state index in [0.29, 0.717) is 12.8 Å². The number of rotatable bonds is 3. The molecule has 1 aliphatic heterocycles. The molecule has 2 rings (SSSR count). The van der Waals surface area contributed by atoms with Crippen LogP contribution < -0.4 is 0 Å². The van der Waals surface area contributed by atoms with E-state index in [0.717, 1.165) is 0 Å². The Morgan fingerprint density at radius 3 is 2.75 bits per heavy atom. The molecule has 0 bridgehead atoms. The van der Waals surface area contributed by atoms with Crippen molar-refractivity contribution in [2.75, 3.05) is 6.54 Å². The number of pyridine rings is 1. The van der Waals surface area contributed by atoms with Crippen molar-refractivity contribution in [3.8, 4) is 0 Å². The number of nitrogens with zero attached hydrogens (tertiary/aromatic N) is 2. The number of carboxylic acids is 1. The molecule has 20 heavy (non-hydrogen) atoms. The van der Waals surface area contributed by atoms with Crippen LogP contribution in [0.3, 0.4) is 0 Å². The molecule has 1 fully saturated rings. The van der Waals surface area contributed by atoms with Gasteiger partial charge in [-0.15, -0.1) is 0 Å². The predicted octanol–water partition coefficient (Wildman–Crippen LogP) is 1.61. The normalized spacial score (nSPS) is 24.5. The summed E-state index contributed by atoms with van der Waals surface area (Å²) in [6, 6.07) is 1.08. The van der Waals surface area contributed by atoms with Gasteiger partial charge in [-0.1, -0.05) is 11.6 Å². The molecule has 1 saturated heterocycles. The molecular weight excluding hydrogens is 304 g/mol. The molecule has 1 N–H and O–H groups in total. The van der Waals surface area contributed by atoms with Gasteiger partial charge in [0.15, 0.2) is 0 Å². The Bertz CT molecular complexity index is 620. The lowest BCUT2D eigenvalue weighted by Gasteiger charge is -2.35. The SMILES string of the molecule is CC1CCC(C(=O)O)CN1S(=O)(=O)c1cncc(Cl)c1. The lowest BCUT2D eigenvalue weighted by Crippen LogP contribution is -2.47. The maximum atomic E-state index is 12.6. The van der Waals surface area contributed by atoms with E-state index in [1.54, 1.807) is 6.92 Å². The number of carbonyl (C=O) groups is 1. The van der Waals surface area contributed by atoms with Gasteiger partial charge in [0.05, 0.1) is 10.9 Å². The maximum Gasteiger partial charge on any atom is 0.307 e. The van der Waals surface area contributed by atoms with Gasteiger partial charge in [-0.05, 0) is 25.8 Å². The monoisotopic (exact) mass is 318 g/mol. The van der Waals surface area contributed by atoms with Gasteiger partial charge in [-0.3, -0.25) is 9.78 Å². The highest BCUT2D eigenvalue weighted by Crippen LogP contribution is 2.28. The summed E-state index contributed by atoms with van der Waals surface area (Å²) in [5.41, 5.74) is 0. The zero-order valence-electron chi connectivity index (χ0n) is 10.9. The second-order valence-electron chi connectivity index (χ2n) is 4.88. The van der Waals surface area contributed by atoms with Gasteiger partial charge in [0.25, 0.3) is 0 Å². The number of halogens is 1. The lowest BCUT2D eigenvalue weighted by molar-refractivity contribution is -0.143. The van der Waals surface area contributed by atoms with Gasteiger partial charge < -0.3 is 5.11 Å². The number of aliphatic carboxylic acids is 1. The topological polar surface area (TPSA) is 87.6 Å². The van der Waals surface area contributed by atoms with Gasteiger partial charge in [-0.25, -0.2) is 8.42 Å². The average molecular weight is 319 g/mol. The molecule has 110 valence electrons. The fourth-order valence-corrected chi connectivity index (χ4v) is 4.21. The van der Waals surface area contributed by atoms with Gasteiger partial charge >= 0.3 is 5.97 Å². The van der Waals surface area contributed by atoms with E-state index in [1.807, 2.05) is 0 Å². The minimum atomic E-state index is -3.78. The van der Waals surface area contributed by atoms with Crippen molar-refractivity contribution in [1.82, 2.24) is 9.29 Å². The van der Waals surface area contributed by atoms with Crippen molar-refractivity contribution in [2.24, 2.45) is 5.92 Å². The Morgan fingerprint density at radius 1 is 1.45 bits per heavy atom. The molecule has 0 aromatic carbocycles. The number of aromatic nitrogens is 1. The first-order valence-corrected chi connectivity index (χ1v) is 7.99. The minimum Gasteiger partial charge on any atom is -0.481 e. The van der Waals surface area contributed by atoms with Crippen LogP contribution in [-0.2, 0) is 14.8 Å². The Morgan fingerprint density at radius 2 is 2.15 bits per heavy atom. The molecule has 1 aromatic heterocycles. The smallest absolute Gasteiger partial charge is 0.307 e. The number of hydrogen-bond acceptors (Lipinski definition) is 4. The fraction of sp³-hybridized carbons (Fsp3) is 0.500. The number of piperidine rings is 1. The summed E-state index contributed by atoms with van der Waals surface area (Å²) in [6.07, 6.45) is 3.57. The molecule has 2 heterocycles. The van der Waals surface area contributed by atoms with Crippen LogP contribution in [0.1, 0.15) is 19.8 Å². The highest BCUT2D eigenvalue weighted by Gasteiger charge is 2.37. The van der Waals surface area contributed by atoms with E-state index in [1.165, 1.54) is 22.8 Å². The van der Waals surface area contributed by atoms with Gasteiger partial charge in [0.1, 0.15) is 4.90 Å². The van der Waals surface area contributed by atoms with Crippen LogP contribution in [0.25, 0.3) is 0 Å². The summed E-state index contributed by atoms with van der Waals surface area (Å²) in [4.78, 5) is 14.8. The molecule has 2 atom stereocenters. The van der Waals surface area contributed by atoms with Crippen LogP contribution in [0.4, 0.5) is 0 Å².